The Labute approximate surface area is 87.6 Å². The number of hydrogen-bond donors (Lipinski definition) is 2. The maximum atomic E-state index is 11.5. The standard InChI is InChI=1S/C10H11ClN2O/c1-2-6-13-10(14)7-4-3-5-8(11)9(7)12/h2-5H,1,6,12H2,(H,13,14). The number of rotatable bonds is 3. The first kappa shape index (κ1) is 10.6. The molecule has 0 bridgehead atoms. The van der Waals surface area contributed by atoms with Gasteiger partial charge in [-0.05, 0) is 12.1 Å². The second-order valence-corrected chi connectivity index (χ2v) is 3.11. The lowest BCUT2D eigenvalue weighted by Gasteiger charge is -2.06. The number of nitrogens with one attached hydrogen (secondary N) is 1. The highest BCUT2D eigenvalue weighted by Crippen LogP contribution is 2.21. The van der Waals surface area contributed by atoms with Gasteiger partial charge in [0.05, 0.1) is 16.3 Å². The van der Waals surface area contributed by atoms with Crippen molar-refractivity contribution in [3.8, 4) is 0 Å². The summed E-state index contributed by atoms with van der Waals surface area (Å²) in [5.74, 6) is -0.245. The van der Waals surface area contributed by atoms with E-state index in [9.17, 15) is 4.79 Å². The number of halogens is 1. The van der Waals surface area contributed by atoms with Crippen molar-refractivity contribution in [2.24, 2.45) is 0 Å². The molecule has 0 aliphatic rings. The quantitative estimate of drug-likeness (QED) is 0.591. The first-order chi connectivity index (χ1) is 6.66. The number of anilines is 1. The van der Waals surface area contributed by atoms with Gasteiger partial charge in [0.2, 0.25) is 0 Å². The summed E-state index contributed by atoms with van der Waals surface area (Å²) in [6.07, 6.45) is 1.60. The van der Waals surface area contributed by atoms with Gasteiger partial charge in [-0.3, -0.25) is 4.79 Å². The number of amides is 1. The molecule has 0 heterocycles. The van der Waals surface area contributed by atoms with Crippen LogP contribution in [0.1, 0.15) is 10.4 Å². The van der Waals surface area contributed by atoms with Crippen LogP contribution < -0.4 is 11.1 Å². The van der Waals surface area contributed by atoms with E-state index in [2.05, 4.69) is 11.9 Å². The summed E-state index contributed by atoms with van der Waals surface area (Å²) in [4.78, 5) is 11.5. The number of hydrogen-bond acceptors (Lipinski definition) is 2. The van der Waals surface area contributed by atoms with Crippen LogP contribution in [-0.2, 0) is 0 Å². The van der Waals surface area contributed by atoms with Crippen molar-refractivity contribution in [2.75, 3.05) is 12.3 Å². The molecule has 0 saturated heterocycles. The number of para-hydroxylation sites is 1. The van der Waals surface area contributed by atoms with Gasteiger partial charge in [0.1, 0.15) is 0 Å². The molecule has 14 heavy (non-hydrogen) atoms. The first-order valence-corrected chi connectivity index (χ1v) is 4.47. The van der Waals surface area contributed by atoms with E-state index >= 15 is 0 Å². The first-order valence-electron chi connectivity index (χ1n) is 4.10. The van der Waals surface area contributed by atoms with Crippen molar-refractivity contribution < 1.29 is 4.79 Å². The van der Waals surface area contributed by atoms with Crippen LogP contribution in [0.4, 0.5) is 5.69 Å². The van der Waals surface area contributed by atoms with E-state index < -0.39 is 0 Å². The van der Waals surface area contributed by atoms with E-state index in [1.807, 2.05) is 0 Å². The third-order valence-corrected chi connectivity index (χ3v) is 2.03. The van der Waals surface area contributed by atoms with Crippen LogP contribution in [-0.4, -0.2) is 12.5 Å². The monoisotopic (exact) mass is 210 g/mol. The maximum absolute atomic E-state index is 11.5. The number of benzene rings is 1. The molecule has 0 saturated carbocycles. The largest absolute Gasteiger partial charge is 0.397 e. The van der Waals surface area contributed by atoms with Crippen molar-refractivity contribution in [3.05, 3.63) is 41.4 Å². The SMILES string of the molecule is C=CCNC(=O)c1cccc(Cl)c1N. The lowest BCUT2D eigenvalue weighted by atomic mass is 10.1. The molecule has 0 radical (unpaired) electrons. The molecule has 1 aromatic rings. The molecule has 0 fully saturated rings. The Balaban J connectivity index is 2.89. The number of carbonyl (C=O) groups excluding carboxylic acids is 1. The van der Waals surface area contributed by atoms with Gasteiger partial charge in [0.15, 0.2) is 0 Å². The van der Waals surface area contributed by atoms with E-state index in [0.29, 0.717) is 22.8 Å². The second-order valence-electron chi connectivity index (χ2n) is 2.70. The van der Waals surface area contributed by atoms with Crippen molar-refractivity contribution in [3.63, 3.8) is 0 Å². The third kappa shape index (κ3) is 2.26. The van der Waals surface area contributed by atoms with Crippen LogP contribution >= 0.6 is 11.6 Å². The lowest BCUT2D eigenvalue weighted by molar-refractivity contribution is 0.0959. The van der Waals surface area contributed by atoms with Gasteiger partial charge in [-0.15, -0.1) is 6.58 Å². The number of carbonyl (C=O) groups is 1. The minimum atomic E-state index is -0.245. The minimum Gasteiger partial charge on any atom is -0.397 e. The van der Waals surface area contributed by atoms with Crippen molar-refractivity contribution in [1.29, 1.82) is 0 Å². The molecular weight excluding hydrogens is 200 g/mol. The highest BCUT2D eigenvalue weighted by Gasteiger charge is 2.09. The van der Waals surface area contributed by atoms with E-state index in [-0.39, 0.29) is 5.91 Å². The Bertz CT molecular complexity index is 363. The zero-order valence-corrected chi connectivity index (χ0v) is 8.34. The molecule has 0 aromatic heterocycles. The molecule has 74 valence electrons. The lowest BCUT2D eigenvalue weighted by Crippen LogP contribution is -2.24. The van der Waals surface area contributed by atoms with Crippen LogP contribution in [0.15, 0.2) is 30.9 Å². The summed E-state index contributed by atoms with van der Waals surface area (Å²) < 4.78 is 0. The summed E-state index contributed by atoms with van der Waals surface area (Å²) in [7, 11) is 0. The third-order valence-electron chi connectivity index (χ3n) is 1.70. The van der Waals surface area contributed by atoms with Gasteiger partial charge in [-0.2, -0.15) is 0 Å². The van der Waals surface area contributed by atoms with Crippen LogP contribution in [0.25, 0.3) is 0 Å². The molecule has 1 amide bonds. The number of nitrogen functional groups attached to an aromatic ring is 1. The Morgan fingerprint density at radius 1 is 1.64 bits per heavy atom. The molecule has 0 spiro atoms. The van der Waals surface area contributed by atoms with Crippen LogP contribution in [0.3, 0.4) is 0 Å². The molecule has 0 aliphatic heterocycles. The van der Waals surface area contributed by atoms with Gasteiger partial charge in [-0.1, -0.05) is 23.7 Å². The summed E-state index contributed by atoms with van der Waals surface area (Å²) in [5.41, 5.74) is 6.33. The Hall–Kier alpha value is -1.48. The zero-order valence-electron chi connectivity index (χ0n) is 7.59. The van der Waals surface area contributed by atoms with Crippen molar-refractivity contribution >= 4 is 23.2 Å². The van der Waals surface area contributed by atoms with Gasteiger partial charge >= 0.3 is 0 Å². The molecular formula is C10H11ClN2O. The summed E-state index contributed by atoms with van der Waals surface area (Å²) in [5, 5.41) is 3.01. The predicted molar refractivity (Wildman–Crippen MR) is 58.4 cm³/mol. The van der Waals surface area contributed by atoms with E-state index in [1.165, 1.54) is 0 Å². The molecule has 3 N–H and O–H groups in total. The van der Waals surface area contributed by atoms with E-state index in [0.717, 1.165) is 0 Å². The topological polar surface area (TPSA) is 55.1 Å². The highest BCUT2D eigenvalue weighted by molar-refractivity contribution is 6.33. The zero-order chi connectivity index (χ0) is 10.6. The molecule has 0 unspecified atom stereocenters. The van der Waals surface area contributed by atoms with Crippen LogP contribution in [0.2, 0.25) is 5.02 Å². The number of nitrogens with two attached hydrogens (primary N) is 1. The van der Waals surface area contributed by atoms with Gasteiger partial charge in [0.25, 0.3) is 5.91 Å². The smallest absolute Gasteiger partial charge is 0.253 e. The average Bonchev–Trinajstić information content (AvgIpc) is 2.18. The molecule has 0 aliphatic carbocycles. The van der Waals surface area contributed by atoms with Crippen LogP contribution in [0.5, 0.6) is 0 Å². The molecule has 0 atom stereocenters. The molecule has 4 heteroatoms. The van der Waals surface area contributed by atoms with E-state index in [1.54, 1.807) is 24.3 Å². The fraction of sp³-hybridized carbons (Fsp3) is 0.100. The fourth-order valence-electron chi connectivity index (χ4n) is 0.995. The molecule has 1 rings (SSSR count). The minimum absolute atomic E-state index is 0.245. The highest BCUT2D eigenvalue weighted by atomic mass is 35.5. The Morgan fingerprint density at radius 2 is 2.36 bits per heavy atom. The molecule has 3 nitrogen and oxygen atoms in total. The Kier molecular flexibility index (Phi) is 3.54. The normalized spacial score (nSPS) is 9.50. The second kappa shape index (κ2) is 4.67. The van der Waals surface area contributed by atoms with Crippen molar-refractivity contribution in [1.82, 2.24) is 5.32 Å². The molecule has 1 aromatic carbocycles. The van der Waals surface area contributed by atoms with E-state index in [4.69, 9.17) is 17.3 Å². The summed E-state index contributed by atoms with van der Waals surface area (Å²) in [6.45, 7) is 3.90. The van der Waals surface area contributed by atoms with Gasteiger partial charge in [-0.25, -0.2) is 0 Å². The average molecular weight is 211 g/mol. The fourth-order valence-corrected chi connectivity index (χ4v) is 1.17. The summed E-state index contributed by atoms with van der Waals surface area (Å²) >= 11 is 5.77. The van der Waals surface area contributed by atoms with Gasteiger partial charge in [0, 0.05) is 6.54 Å². The van der Waals surface area contributed by atoms with Crippen molar-refractivity contribution in [2.45, 2.75) is 0 Å². The van der Waals surface area contributed by atoms with Gasteiger partial charge < -0.3 is 11.1 Å². The maximum Gasteiger partial charge on any atom is 0.253 e. The predicted octanol–water partition coefficient (Wildman–Crippen LogP) is 1.84. The summed E-state index contributed by atoms with van der Waals surface area (Å²) in [6, 6.07) is 4.95. The van der Waals surface area contributed by atoms with Crippen LogP contribution in [0, 0.1) is 0 Å². The Morgan fingerprint density at radius 3 is 3.00 bits per heavy atom.